The first-order chi connectivity index (χ1) is 11.7. The Labute approximate surface area is 140 Å². The quantitative estimate of drug-likeness (QED) is 0.471. The molecule has 1 aliphatic heterocycles. The summed E-state index contributed by atoms with van der Waals surface area (Å²) in [6, 6.07) is 0. The molecular weight excluding hydrogens is 316 g/mol. The number of nitro groups is 1. The summed E-state index contributed by atoms with van der Waals surface area (Å²) in [5.41, 5.74) is -0.158. The van der Waals surface area contributed by atoms with E-state index in [9.17, 15) is 10.1 Å². The van der Waals surface area contributed by atoms with Gasteiger partial charge >= 0.3 is 5.69 Å². The molecule has 2 N–H and O–H groups in total. The lowest BCUT2D eigenvalue weighted by molar-refractivity contribution is -0.383. The van der Waals surface area contributed by atoms with E-state index in [2.05, 4.69) is 20.2 Å². The van der Waals surface area contributed by atoms with Crippen molar-refractivity contribution >= 4 is 17.3 Å². The predicted octanol–water partition coefficient (Wildman–Crippen LogP) is -0.0525. The van der Waals surface area contributed by atoms with Gasteiger partial charge in [-0.2, -0.15) is 0 Å². The summed E-state index contributed by atoms with van der Waals surface area (Å²) in [4.78, 5) is 23.0. The van der Waals surface area contributed by atoms with Gasteiger partial charge in [0.05, 0.1) is 24.7 Å². The maximum atomic E-state index is 11.5. The van der Waals surface area contributed by atoms with Crippen molar-refractivity contribution in [2.45, 2.75) is 6.92 Å². The summed E-state index contributed by atoms with van der Waals surface area (Å²) in [5, 5.41) is 23.7. The minimum absolute atomic E-state index is 0.102. The van der Waals surface area contributed by atoms with Crippen LogP contribution in [0.3, 0.4) is 0 Å². The predicted molar refractivity (Wildman–Crippen MR) is 89.4 cm³/mol. The first kappa shape index (κ1) is 18.3. The van der Waals surface area contributed by atoms with Crippen LogP contribution in [-0.4, -0.2) is 84.0 Å². The Hall–Kier alpha value is -2.04. The third kappa shape index (κ3) is 4.73. The average Bonchev–Trinajstić information content (AvgIpc) is 2.60. The van der Waals surface area contributed by atoms with Crippen LogP contribution < -0.4 is 10.2 Å². The lowest BCUT2D eigenvalue weighted by atomic mass is 10.3. The van der Waals surface area contributed by atoms with Gasteiger partial charge in [0, 0.05) is 39.3 Å². The normalized spacial score (nSPS) is 15.2. The Kier molecular flexibility index (Phi) is 7.09. The second kappa shape index (κ2) is 9.30. The zero-order valence-corrected chi connectivity index (χ0v) is 13.8. The topological polar surface area (TPSA) is 117 Å². The minimum atomic E-state index is -0.480. The molecule has 1 fully saturated rings. The molecule has 0 radical (unpaired) electrons. The monoisotopic (exact) mass is 340 g/mol. The average molecular weight is 340 g/mol. The zero-order valence-electron chi connectivity index (χ0n) is 13.8. The molecule has 0 spiro atoms. The highest BCUT2D eigenvalue weighted by Gasteiger charge is 2.26. The van der Waals surface area contributed by atoms with E-state index < -0.39 is 4.92 Å². The minimum Gasteiger partial charge on any atom is -0.395 e. The highest BCUT2D eigenvalue weighted by Crippen LogP contribution is 2.31. The number of morpholine rings is 1. The van der Waals surface area contributed by atoms with Gasteiger partial charge in [0.1, 0.15) is 6.33 Å². The lowest BCUT2D eigenvalue weighted by Gasteiger charge is -2.26. The van der Waals surface area contributed by atoms with Crippen LogP contribution in [0.1, 0.15) is 6.92 Å². The number of aliphatic hydroxyl groups is 1. The van der Waals surface area contributed by atoms with Gasteiger partial charge in [-0.25, -0.2) is 9.97 Å². The highest BCUT2D eigenvalue weighted by atomic mass is 16.6. The first-order valence-electron chi connectivity index (χ1n) is 8.06. The standard InChI is InChI=1S/C14H24N6O4/c1-2-19(5-8-21)14-12(20(22)23)13(16-11-17-14)15-3-4-18-6-9-24-10-7-18/h11,21H,2-10H2,1H3,(H,15,16,17). The Bertz CT molecular complexity index is 538. The number of rotatable bonds is 9. The Balaban J connectivity index is 2.09. The number of nitrogens with zero attached hydrogens (tertiary/aromatic N) is 5. The molecule has 0 saturated carbocycles. The third-order valence-electron chi connectivity index (χ3n) is 3.86. The summed E-state index contributed by atoms with van der Waals surface area (Å²) in [7, 11) is 0. The Morgan fingerprint density at radius 3 is 2.83 bits per heavy atom. The molecule has 0 unspecified atom stereocenters. The van der Waals surface area contributed by atoms with E-state index >= 15 is 0 Å². The number of aromatic nitrogens is 2. The molecule has 2 rings (SSSR count). The molecule has 0 bridgehead atoms. The number of aliphatic hydroxyl groups excluding tert-OH is 1. The van der Waals surface area contributed by atoms with Crippen LogP contribution in [0.15, 0.2) is 6.33 Å². The van der Waals surface area contributed by atoms with Crippen molar-refractivity contribution in [2.75, 3.05) is 69.3 Å². The van der Waals surface area contributed by atoms with Crippen LogP contribution in [0, 0.1) is 10.1 Å². The van der Waals surface area contributed by atoms with Gasteiger partial charge in [-0.1, -0.05) is 0 Å². The summed E-state index contributed by atoms with van der Waals surface area (Å²) in [6.07, 6.45) is 1.30. The first-order valence-corrected chi connectivity index (χ1v) is 8.06. The third-order valence-corrected chi connectivity index (χ3v) is 3.86. The highest BCUT2D eigenvalue weighted by molar-refractivity contribution is 5.70. The number of anilines is 2. The van der Waals surface area contributed by atoms with Crippen molar-refractivity contribution in [3.63, 3.8) is 0 Å². The molecule has 1 aliphatic rings. The van der Waals surface area contributed by atoms with Gasteiger partial charge in [-0.3, -0.25) is 15.0 Å². The van der Waals surface area contributed by atoms with Crippen molar-refractivity contribution in [3.8, 4) is 0 Å². The molecular formula is C14H24N6O4. The van der Waals surface area contributed by atoms with Gasteiger partial charge < -0.3 is 20.1 Å². The Morgan fingerprint density at radius 1 is 1.46 bits per heavy atom. The number of ether oxygens (including phenoxy) is 1. The van der Waals surface area contributed by atoms with E-state index in [1.54, 1.807) is 4.90 Å². The van der Waals surface area contributed by atoms with Crippen LogP contribution in [0.5, 0.6) is 0 Å². The fourth-order valence-corrected chi connectivity index (χ4v) is 2.59. The molecule has 10 nitrogen and oxygen atoms in total. The summed E-state index contributed by atoms with van der Waals surface area (Å²) < 4.78 is 5.29. The van der Waals surface area contributed by atoms with Crippen molar-refractivity contribution < 1.29 is 14.8 Å². The van der Waals surface area contributed by atoms with E-state index in [0.717, 1.165) is 19.6 Å². The SMILES string of the molecule is CCN(CCO)c1ncnc(NCCN2CCOCC2)c1[N+](=O)[O-]. The number of likely N-dealkylation sites (N-methyl/N-ethyl adjacent to an activating group) is 1. The summed E-state index contributed by atoms with van der Waals surface area (Å²) >= 11 is 0. The van der Waals surface area contributed by atoms with Crippen molar-refractivity contribution in [1.29, 1.82) is 0 Å². The molecule has 0 aromatic carbocycles. The molecule has 1 saturated heterocycles. The number of nitrogens with one attached hydrogen (secondary N) is 1. The van der Waals surface area contributed by atoms with Gasteiger partial charge in [0.25, 0.3) is 0 Å². The van der Waals surface area contributed by atoms with Crippen molar-refractivity contribution in [2.24, 2.45) is 0 Å². The Morgan fingerprint density at radius 2 is 2.21 bits per heavy atom. The van der Waals surface area contributed by atoms with E-state index in [1.807, 2.05) is 6.92 Å². The van der Waals surface area contributed by atoms with E-state index in [1.165, 1.54) is 6.33 Å². The van der Waals surface area contributed by atoms with E-state index in [4.69, 9.17) is 9.84 Å². The molecule has 1 aromatic rings. The molecule has 10 heteroatoms. The largest absolute Gasteiger partial charge is 0.395 e. The second-order valence-electron chi connectivity index (χ2n) is 5.34. The molecule has 24 heavy (non-hydrogen) atoms. The molecule has 0 aliphatic carbocycles. The van der Waals surface area contributed by atoms with Crippen LogP contribution in [-0.2, 0) is 4.74 Å². The molecule has 1 aromatic heterocycles. The molecule has 0 atom stereocenters. The summed E-state index contributed by atoms with van der Waals surface area (Å²) in [6.45, 7) is 6.99. The second-order valence-corrected chi connectivity index (χ2v) is 5.34. The van der Waals surface area contributed by atoms with Crippen LogP contribution in [0.2, 0.25) is 0 Å². The van der Waals surface area contributed by atoms with Gasteiger partial charge in [0.2, 0.25) is 11.6 Å². The molecule has 2 heterocycles. The van der Waals surface area contributed by atoms with Crippen molar-refractivity contribution in [3.05, 3.63) is 16.4 Å². The lowest BCUT2D eigenvalue weighted by Crippen LogP contribution is -2.39. The summed E-state index contributed by atoms with van der Waals surface area (Å²) in [5.74, 6) is 0.426. The molecule has 134 valence electrons. The van der Waals surface area contributed by atoms with Crippen LogP contribution in [0.25, 0.3) is 0 Å². The van der Waals surface area contributed by atoms with Gasteiger partial charge in [-0.15, -0.1) is 0 Å². The van der Waals surface area contributed by atoms with Gasteiger partial charge in [-0.05, 0) is 6.92 Å². The van der Waals surface area contributed by atoms with Crippen LogP contribution >= 0.6 is 0 Å². The smallest absolute Gasteiger partial charge is 0.353 e. The zero-order chi connectivity index (χ0) is 17.4. The van der Waals surface area contributed by atoms with Gasteiger partial charge in [0.15, 0.2) is 0 Å². The molecule has 0 amide bonds. The van der Waals surface area contributed by atoms with Crippen molar-refractivity contribution in [1.82, 2.24) is 14.9 Å². The van der Waals surface area contributed by atoms with E-state index in [0.29, 0.717) is 26.3 Å². The van der Waals surface area contributed by atoms with Crippen LogP contribution in [0.4, 0.5) is 17.3 Å². The number of hydrogen-bond donors (Lipinski definition) is 2. The maximum absolute atomic E-state index is 11.5. The fraction of sp³-hybridized carbons (Fsp3) is 0.714. The fourth-order valence-electron chi connectivity index (χ4n) is 2.59. The van der Waals surface area contributed by atoms with E-state index in [-0.39, 0.29) is 30.5 Å². The number of hydrogen-bond acceptors (Lipinski definition) is 9. The maximum Gasteiger partial charge on any atom is 0.353 e.